The first-order chi connectivity index (χ1) is 9.35. The maximum atomic E-state index is 12.4. The number of nitrogens with one attached hydrogen (secondary N) is 1. The summed E-state index contributed by atoms with van der Waals surface area (Å²) >= 11 is 12.0. The zero-order valence-electron chi connectivity index (χ0n) is 11.6. The summed E-state index contributed by atoms with van der Waals surface area (Å²) in [5.74, 6) is 0. The smallest absolute Gasteiger partial charge is 0.242 e. The quantitative estimate of drug-likeness (QED) is 0.800. The van der Waals surface area contributed by atoms with E-state index < -0.39 is 10.0 Å². The van der Waals surface area contributed by atoms with Crippen LogP contribution in [0.2, 0.25) is 10.0 Å². The minimum Gasteiger partial charge on any atom is -0.326 e. The molecule has 0 fully saturated rings. The van der Waals surface area contributed by atoms with E-state index in [1.807, 2.05) is 13.8 Å². The molecule has 0 spiro atoms. The van der Waals surface area contributed by atoms with Gasteiger partial charge in [0.1, 0.15) is 4.90 Å². The van der Waals surface area contributed by atoms with Crippen molar-refractivity contribution in [3.05, 3.63) is 27.7 Å². The summed E-state index contributed by atoms with van der Waals surface area (Å²) in [6.07, 6.45) is 2.41. The fraction of sp³-hybridized carbons (Fsp3) is 0.538. The maximum absolute atomic E-state index is 12.4. The minimum atomic E-state index is -3.67. The van der Waals surface area contributed by atoms with Crippen molar-refractivity contribution in [1.82, 2.24) is 4.72 Å². The molecule has 0 aliphatic heterocycles. The van der Waals surface area contributed by atoms with Gasteiger partial charge < -0.3 is 5.73 Å². The molecule has 20 heavy (non-hydrogen) atoms. The van der Waals surface area contributed by atoms with Gasteiger partial charge in [0.2, 0.25) is 10.0 Å². The third-order valence-corrected chi connectivity index (χ3v) is 5.40. The van der Waals surface area contributed by atoms with Crippen molar-refractivity contribution >= 4 is 33.2 Å². The predicted octanol–water partition coefficient (Wildman–Crippen LogP) is 3.31. The van der Waals surface area contributed by atoms with Crippen molar-refractivity contribution in [2.45, 2.75) is 50.6 Å². The molecule has 7 heteroatoms. The second kappa shape index (κ2) is 7.61. The summed E-state index contributed by atoms with van der Waals surface area (Å²) in [7, 11) is -3.67. The largest absolute Gasteiger partial charge is 0.326 e. The Balaban J connectivity index is 3.15. The topological polar surface area (TPSA) is 72.2 Å². The zero-order chi connectivity index (χ0) is 15.3. The van der Waals surface area contributed by atoms with Crippen LogP contribution in [0.5, 0.6) is 0 Å². The van der Waals surface area contributed by atoms with Crippen LogP contribution in [0.25, 0.3) is 0 Å². The summed E-state index contributed by atoms with van der Waals surface area (Å²) in [4.78, 5) is 0.0265. The Kier molecular flexibility index (Phi) is 6.75. The first-order valence-corrected chi connectivity index (χ1v) is 8.79. The molecule has 1 rings (SSSR count). The Morgan fingerprint density at radius 3 is 2.40 bits per heavy atom. The maximum Gasteiger partial charge on any atom is 0.242 e. The van der Waals surface area contributed by atoms with E-state index in [2.05, 4.69) is 4.72 Å². The van der Waals surface area contributed by atoms with Crippen molar-refractivity contribution in [2.75, 3.05) is 0 Å². The van der Waals surface area contributed by atoms with E-state index >= 15 is 0 Å². The Morgan fingerprint density at radius 2 is 1.90 bits per heavy atom. The van der Waals surface area contributed by atoms with Gasteiger partial charge in [0.25, 0.3) is 0 Å². The van der Waals surface area contributed by atoms with Crippen LogP contribution in [0, 0.1) is 0 Å². The summed E-state index contributed by atoms with van der Waals surface area (Å²) in [6.45, 7) is 4.11. The fourth-order valence-electron chi connectivity index (χ4n) is 1.91. The number of benzene rings is 1. The number of hydrogen-bond acceptors (Lipinski definition) is 3. The van der Waals surface area contributed by atoms with Crippen LogP contribution in [0.4, 0.5) is 0 Å². The molecule has 1 unspecified atom stereocenters. The van der Waals surface area contributed by atoms with Gasteiger partial charge in [-0.25, -0.2) is 13.1 Å². The van der Waals surface area contributed by atoms with E-state index in [-0.39, 0.29) is 22.5 Å². The lowest BCUT2D eigenvalue weighted by atomic mass is 10.1. The van der Waals surface area contributed by atoms with Crippen molar-refractivity contribution < 1.29 is 8.42 Å². The third-order valence-electron chi connectivity index (χ3n) is 3.06. The van der Waals surface area contributed by atoms with Crippen molar-refractivity contribution in [2.24, 2.45) is 5.73 Å². The number of rotatable bonds is 7. The fourth-order valence-corrected chi connectivity index (χ4v) is 4.14. The van der Waals surface area contributed by atoms with Crippen LogP contribution < -0.4 is 10.5 Å². The highest BCUT2D eigenvalue weighted by Crippen LogP contribution is 2.28. The number of sulfonamides is 1. The Labute approximate surface area is 130 Å². The predicted molar refractivity (Wildman–Crippen MR) is 83.7 cm³/mol. The van der Waals surface area contributed by atoms with Crippen LogP contribution in [-0.2, 0) is 16.6 Å². The van der Waals surface area contributed by atoms with Gasteiger partial charge in [0, 0.05) is 17.6 Å². The highest BCUT2D eigenvalue weighted by Gasteiger charge is 2.22. The van der Waals surface area contributed by atoms with Crippen LogP contribution in [-0.4, -0.2) is 14.5 Å². The Hall–Kier alpha value is -0.330. The van der Waals surface area contributed by atoms with Crippen molar-refractivity contribution in [1.29, 1.82) is 0 Å². The van der Waals surface area contributed by atoms with Gasteiger partial charge in [-0.15, -0.1) is 0 Å². The highest BCUT2D eigenvalue weighted by molar-refractivity contribution is 7.89. The molecule has 0 saturated carbocycles. The van der Waals surface area contributed by atoms with E-state index in [9.17, 15) is 8.42 Å². The van der Waals surface area contributed by atoms with E-state index in [4.69, 9.17) is 28.9 Å². The molecule has 0 aliphatic rings. The monoisotopic (exact) mass is 338 g/mol. The molecule has 0 heterocycles. The summed E-state index contributed by atoms with van der Waals surface area (Å²) in [6, 6.07) is 2.75. The molecule has 0 radical (unpaired) electrons. The van der Waals surface area contributed by atoms with E-state index in [0.717, 1.165) is 19.3 Å². The molecule has 4 nitrogen and oxygen atoms in total. The van der Waals surface area contributed by atoms with Gasteiger partial charge in [-0.2, -0.15) is 0 Å². The summed E-state index contributed by atoms with van der Waals surface area (Å²) in [5, 5.41) is 0.475. The minimum absolute atomic E-state index is 0.0265. The molecule has 0 aromatic heterocycles. The molecular weight excluding hydrogens is 319 g/mol. The lowest BCUT2D eigenvalue weighted by Gasteiger charge is -2.17. The SMILES string of the molecule is CCCC(CC)NS(=O)(=O)c1cc(CN)c(Cl)cc1Cl. The van der Waals surface area contributed by atoms with E-state index in [1.54, 1.807) is 0 Å². The standard InChI is InChI=1S/C13H20Cl2N2O2S/c1-3-5-10(4-2)17-20(18,19)13-6-9(8-16)11(14)7-12(13)15/h6-7,10,17H,3-5,8,16H2,1-2H3. The second-order valence-corrected chi connectivity index (χ2v) is 7.09. The second-order valence-electron chi connectivity index (χ2n) is 4.59. The zero-order valence-corrected chi connectivity index (χ0v) is 13.9. The molecule has 1 atom stereocenters. The highest BCUT2D eigenvalue weighted by atomic mass is 35.5. The van der Waals surface area contributed by atoms with Gasteiger partial charge in [-0.05, 0) is 30.5 Å². The lowest BCUT2D eigenvalue weighted by Crippen LogP contribution is -2.34. The third kappa shape index (κ3) is 4.33. The molecule has 0 saturated heterocycles. The first kappa shape index (κ1) is 17.7. The number of halogens is 2. The first-order valence-electron chi connectivity index (χ1n) is 6.56. The summed E-state index contributed by atoms with van der Waals surface area (Å²) in [5.41, 5.74) is 6.10. The average molecular weight is 339 g/mol. The molecule has 3 N–H and O–H groups in total. The van der Waals surface area contributed by atoms with Crippen LogP contribution in [0.1, 0.15) is 38.7 Å². The number of hydrogen-bond donors (Lipinski definition) is 2. The molecule has 1 aromatic rings. The van der Waals surface area contributed by atoms with Crippen molar-refractivity contribution in [3.8, 4) is 0 Å². The van der Waals surface area contributed by atoms with Crippen LogP contribution in [0.15, 0.2) is 17.0 Å². The Bertz CT molecular complexity index is 562. The summed E-state index contributed by atoms with van der Waals surface area (Å²) < 4.78 is 27.5. The molecule has 0 bridgehead atoms. The number of nitrogens with two attached hydrogens (primary N) is 1. The Morgan fingerprint density at radius 1 is 1.25 bits per heavy atom. The average Bonchev–Trinajstić information content (AvgIpc) is 2.37. The molecular formula is C13H20Cl2N2O2S. The van der Waals surface area contributed by atoms with E-state index in [0.29, 0.717) is 10.6 Å². The van der Waals surface area contributed by atoms with E-state index in [1.165, 1.54) is 12.1 Å². The van der Waals surface area contributed by atoms with Gasteiger partial charge in [-0.3, -0.25) is 0 Å². The van der Waals surface area contributed by atoms with Crippen LogP contribution >= 0.6 is 23.2 Å². The lowest BCUT2D eigenvalue weighted by molar-refractivity contribution is 0.512. The van der Waals surface area contributed by atoms with Gasteiger partial charge in [0.05, 0.1) is 5.02 Å². The van der Waals surface area contributed by atoms with Crippen molar-refractivity contribution in [3.63, 3.8) is 0 Å². The molecule has 0 aliphatic carbocycles. The molecule has 1 aromatic carbocycles. The molecule has 0 amide bonds. The molecule has 114 valence electrons. The van der Waals surface area contributed by atoms with Crippen LogP contribution in [0.3, 0.4) is 0 Å². The normalized spacial score (nSPS) is 13.4. The van der Waals surface area contributed by atoms with Gasteiger partial charge in [0.15, 0.2) is 0 Å². The van der Waals surface area contributed by atoms with Gasteiger partial charge in [-0.1, -0.05) is 43.5 Å². The van der Waals surface area contributed by atoms with Gasteiger partial charge >= 0.3 is 0 Å².